The summed E-state index contributed by atoms with van der Waals surface area (Å²) in [5.41, 5.74) is 5.06. The van der Waals surface area contributed by atoms with Gasteiger partial charge in [0.25, 0.3) is 0 Å². The largest absolute Gasteiger partial charge is 0.368 e. The summed E-state index contributed by atoms with van der Waals surface area (Å²) >= 11 is 0. The first-order valence-corrected chi connectivity index (χ1v) is 6.49. The smallest absolute Gasteiger partial charge is 0.237 e. The van der Waals surface area contributed by atoms with Gasteiger partial charge in [-0.3, -0.25) is 4.79 Å². The molecule has 0 bridgehead atoms. The summed E-state index contributed by atoms with van der Waals surface area (Å²) < 4.78 is 0. The Labute approximate surface area is 100 Å². The molecule has 1 amide bonds. The van der Waals surface area contributed by atoms with Crippen molar-refractivity contribution in [2.24, 2.45) is 11.7 Å². The highest BCUT2D eigenvalue weighted by molar-refractivity contribution is 5.84. The summed E-state index contributed by atoms with van der Waals surface area (Å²) in [7, 11) is 0. The molecule has 16 heavy (non-hydrogen) atoms. The molecule has 3 nitrogen and oxygen atoms in total. The van der Waals surface area contributed by atoms with Crippen LogP contribution < -0.4 is 11.1 Å². The van der Waals surface area contributed by atoms with E-state index in [1.54, 1.807) is 0 Å². The third-order valence-electron chi connectivity index (χ3n) is 3.60. The molecule has 3 unspecified atom stereocenters. The maximum atomic E-state index is 11.7. The Kier molecular flexibility index (Phi) is 6.65. The van der Waals surface area contributed by atoms with Crippen LogP contribution in [0.1, 0.15) is 60.3 Å². The first-order chi connectivity index (χ1) is 7.41. The second-order valence-corrected chi connectivity index (χ2v) is 4.97. The van der Waals surface area contributed by atoms with E-state index < -0.39 is 5.54 Å². The van der Waals surface area contributed by atoms with Gasteiger partial charge in [-0.1, -0.05) is 34.1 Å². The molecular weight excluding hydrogens is 200 g/mol. The van der Waals surface area contributed by atoms with E-state index in [1.165, 1.54) is 0 Å². The Bertz CT molecular complexity index is 204. The highest BCUT2D eigenvalue weighted by Gasteiger charge is 2.36. The molecule has 0 radical (unpaired) electrons. The van der Waals surface area contributed by atoms with Crippen molar-refractivity contribution >= 4 is 5.91 Å². The summed E-state index contributed by atoms with van der Waals surface area (Å²) in [6.45, 7) is 10.6. The number of rotatable bonds is 8. The second-order valence-electron chi connectivity index (χ2n) is 4.97. The van der Waals surface area contributed by atoms with Gasteiger partial charge in [-0.15, -0.1) is 0 Å². The fourth-order valence-corrected chi connectivity index (χ4v) is 1.96. The van der Waals surface area contributed by atoms with Crippen molar-refractivity contribution < 1.29 is 4.79 Å². The van der Waals surface area contributed by atoms with E-state index in [4.69, 9.17) is 5.73 Å². The summed E-state index contributed by atoms with van der Waals surface area (Å²) in [4.78, 5) is 11.7. The maximum absolute atomic E-state index is 11.7. The number of carbonyl (C=O) groups is 1. The molecule has 0 rings (SSSR count). The molecule has 0 saturated carbocycles. The van der Waals surface area contributed by atoms with Crippen molar-refractivity contribution in [2.75, 3.05) is 0 Å². The van der Waals surface area contributed by atoms with Gasteiger partial charge in [-0.2, -0.15) is 0 Å². The average Bonchev–Trinajstić information content (AvgIpc) is 2.27. The van der Waals surface area contributed by atoms with E-state index in [0.717, 1.165) is 25.7 Å². The maximum Gasteiger partial charge on any atom is 0.237 e. The topological polar surface area (TPSA) is 55.1 Å². The fourth-order valence-electron chi connectivity index (χ4n) is 1.96. The first-order valence-electron chi connectivity index (χ1n) is 6.49. The van der Waals surface area contributed by atoms with E-state index in [2.05, 4.69) is 33.0 Å². The zero-order valence-corrected chi connectivity index (χ0v) is 11.5. The summed E-state index contributed by atoms with van der Waals surface area (Å²) in [5, 5.41) is 3.42. The fraction of sp³-hybridized carbons (Fsp3) is 0.923. The molecule has 3 N–H and O–H groups in total. The molecule has 3 atom stereocenters. The van der Waals surface area contributed by atoms with Crippen molar-refractivity contribution in [3.63, 3.8) is 0 Å². The minimum atomic E-state index is -0.523. The van der Waals surface area contributed by atoms with Gasteiger partial charge in [0.15, 0.2) is 0 Å². The summed E-state index contributed by atoms with van der Waals surface area (Å²) in [6, 6.07) is 0.330. The van der Waals surface area contributed by atoms with Gasteiger partial charge in [0.1, 0.15) is 0 Å². The minimum absolute atomic E-state index is 0.212. The van der Waals surface area contributed by atoms with E-state index in [-0.39, 0.29) is 5.91 Å². The monoisotopic (exact) mass is 228 g/mol. The molecule has 0 spiro atoms. The third kappa shape index (κ3) is 4.12. The van der Waals surface area contributed by atoms with Gasteiger partial charge in [-0.25, -0.2) is 0 Å². The van der Waals surface area contributed by atoms with E-state index in [9.17, 15) is 4.79 Å². The lowest BCUT2D eigenvalue weighted by molar-refractivity contribution is -0.125. The lowest BCUT2D eigenvalue weighted by atomic mass is 9.83. The Morgan fingerprint density at radius 3 is 2.12 bits per heavy atom. The molecule has 0 aliphatic rings. The van der Waals surface area contributed by atoms with E-state index in [1.807, 2.05) is 6.92 Å². The highest BCUT2D eigenvalue weighted by Crippen LogP contribution is 2.23. The molecule has 0 fully saturated rings. The normalized spacial score (nSPS) is 18.8. The van der Waals surface area contributed by atoms with Gasteiger partial charge in [0, 0.05) is 6.04 Å². The predicted molar refractivity (Wildman–Crippen MR) is 69.2 cm³/mol. The van der Waals surface area contributed by atoms with Crippen LogP contribution >= 0.6 is 0 Å². The number of hydrogen-bond donors (Lipinski definition) is 2. The van der Waals surface area contributed by atoms with Gasteiger partial charge < -0.3 is 11.1 Å². The van der Waals surface area contributed by atoms with Crippen LogP contribution in [0.3, 0.4) is 0 Å². The zero-order chi connectivity index (χ0) is 12.8. The Hall–Kier alpha value is -0.570. The van der Waals surface area contributed by atoms with Crippen LogP contribution in [-0.4, -0.2) is 17.5 Å². The third-order valence-corrected chi connectivity index (χ3v) is 3.60. The highest BCUT2D eigenvalue weighted by atomic mass is 16.1. The van der Waals surface area contributed by atoms with Crippen LogP contribution in [0, 0.1) is 5.92 Å². The molecule has 96 valence electrons. The quantitative estimate of drug-likeness (QED) is 0.670. The number of hydrogen-bond acceptors (Lipinski definition) is 2. The van der Waals surface area contributed by atoms with Crippen LogP contribution in [0.15, 0.2) is 0 Å². The number of primary amides is 1. The first kappa shape index (κ1) is 15.4. The lowest BCUT2D eigenvalue weighted by Gasteiger charge is -2.35. The van der Waals surface area contributed by atoms with Crippen LogP contribution in [0.4, 0.5) is 0 Å². The molecular formula is C13H28N2O. The van der Waals surface area contributed by atoms with Gasteiger partial charge in [0.2, 0.25) is 5.91 Å². The summed E-state index contributed by atoms with van der Waals surface area (Å²) in [5.74, 6) is 0.305. The van der Waals surface area contributed by atoms with Crippen molar-refractivity contribution in [1.29, 1.82) is 0 Å². The molecule has 0 saturated heterocycles. The summed E-state index contributed by atoms with van der Waals surface area (Å²) in [6.07, 6.45) is 3.68. The molecule has 0 aromatic carbocycles. The molecule has 0 aliphatic carbocycles. The van der Waals surface area contributed by atoms with Gasteiger partial charge in [-0.05, 0) is 32.1 Å². The number of nitrogens with one attached hydrogen (secondary N) is 1. The molecule has 0 aromatic rings. The SMILES string of the molecule is CCC(C)CC(CC)(NC(C)CC)C(N)=O. The molecule has 0 aliphatic heterocycles. The van der Waals surface area contributed by atoms with Crippen molar-refractivity contribution in [1.82, 2.24) is 5.32 Å². The standard InChI is InChI=1S/C13H28N2O/c1-6-10(4)9-13(8-3,12(14)16)15-11(5)7-2/h10-11,15H,6-9H2,1-5H3,(H2,14,16). The average molecular weight is 228 g/mol. The Morgan fingerprint density at radius 2 is 1.81 bits per heavy atom. The minimum Gasteiger partial charge on any atom is -0.368 e. The van der Waals surface area contributed by atoms with Crippen LogP contribution in [0.2, 0.25) is 0 Å². The molecule has 0 aromatic heterocycles. The zero-order valence-electron chi connectivity index (χ0n) is 11.5. The Balaban J connectivity index is 4.78. The van der Waals surface area contributed by atoms with Crippen LogP contribution in [-0.2, 0) is 4.79 Å². The van der Waals surface area contributed by atoms with Crippen molar-refractivity contribution in [3.05, 3.63) is 0 Å². The number of nitrogens with two attached hydrogens (primary N) is 1. The van der Waals surface area contributed by atoms with Crippen molar-refractivity contribution in [2.45, 2.75) is 71.9 Å². The molecule has 0 heterocycles. The Morgan fingerprint density at radius 1 is 1.25 bits per heavy atom. The lowest BCUT2D eigenvalue weighted by Crippen LogP contribution is -2.58. The number of amides is 1. The predicted octanol–water partition coefficient (Wildman–Crippen LogP) is 2.44. The van der Waals surface area contributed by atoms with Gasteiger partial charge in [0.05, 0.1) is 5.54 Å². The second kappa shape index (κ2) is 6.89. The molecule has 3 heteroatoms. The van der Waals surface area contributed by atoms with E-state index in [0.29, 0.717) is 12.0 Å². The van der Waals surface area contributed by atoms with Crippen LogP contribution in [0.5, 0.6) is 0 Å². The van der Waals surface area contributed by atoms with Gasteiger partial charge >= 0.3 is 0 Å². The van der Waals surface area contributed by atoms with E-state index >= 15 is 0 Å². The van der Waals surface area contributed by atoms with Crippen LogP contribution in [0.25, 0.3) is 0 Å². The van der Waals surface area contributed by atoms with Crippen molar-refractivity contribution in [3.8, 4) is 0 Å². The number of carbonyl (C=O) groups excluding carboxylic acids is 1.